The highest BCUT2D eigenvalue weighted by atomic mass is 32.2. The average Bonchev–Trinajstić information content (AvgIpc) is 3.05. The van der Waals surface area contributed by atoms with Crippen LogP contribution in [0.2, 0.25) is 0 Å². The summed E-state index contributed by atoms with van der Waals surface area (Å²) in [4.78, 5) is 13.4. The summed E-state index contributed by atoms with van der Waals surface area (Å²) in [6.45, 7) is 0. The van der Waals surface area contributed by atoms with Crippen LogP contribution in [0.1, 0.15) is 16.0 Å². The number of thiophene rings is 1. The van der Waals surface area contributed by atoms with Gasteiger partial charge in [0.2, 0.25) is 0 Å². The number of amides is 1. The third-order valence-electron chi connectivity index (χ3n) is 3.13. The zero-order chi connectivity index (χ0) is 14.7. The van der Waals surface area contributed by atoms with Crippen LogP contribution in [0.3, 0.4) is 0 Å². The van der Waals surface area contributed by atoms with Gasteiger partial charge in [0.25, 0.3) is 5.91 Å². The summed E-state index contributed by atoms with van der Waals surface area (Å²) in [6.07, 6.45) is 3.96. The molecule has 0 saturated carbocycles. The van der Waals surface area contributed by atoms with Crippen molar-refractivity contribution in [1.82, 2.24) is 5.32 Å². The quantitative estimate of drug-likeness (QED) is 0.678. The van der Waals surface area contributed by atoms with Crippen molar-refractivity contribution >= 4 is 51.6 Å². The van der Waals surface area contributed by atoms with Gasteiger partial charge >= 0.3 is 0 Å². The lowest BCUT2D eigenvalue weighted by Crippen LogP contribution is -2.17. The minimum atomic E-state index is -0.0933. The Morgan fingerprint density at radius 3 is 2.62 bits per heavy atom. The third kappa shape index (κ3) is 3.81. The van der Waals surface area contributed by atoms with Gasteiger partial charge in [-0.3, -0.25) is 4.79 Å². The molecular weight excluding hydrogens is 318 g/mol. The molecule has 0 atom stereocenters. The standard InChI is InChI=1S/C16H13NOS3/c18-15-14(21-16(19)17-15)9-13-8-12(10-20-13)7-6-11-4-2-1-3-5-11/h1-5,8-10H,6-7H2,(H,17,18,19)/b14-9-. The van der Waals surface area contributed by atoms with E-state index in [9.17, 15) is 4.79 Å². The summed E-state index contributed by atoms with van der Waals surface area (Å²) in [5.41, 5.74) is 2.65. The van der Waals surface area contributed by atoms with Crippen molar-refractivity contribution < 1.29 is 4.79 Å². The second-order valence-electron chi connectivity index (χ2n) is 4.70. The Balaban J connectivity index is 1.65. The van der Waals surface area contributed by atoms with Gasteiger partial charge in [-0.25, -0.2) is 0 Å². The Bertz CT molecular complexity index is 703. The fourth-order valence-corrected chi connectivity index (χ4v) is 4.07. The van der Waals surface area contributed by atoms with Crippen LogP contribution in [0.15, 0.2) is 46.7 Å². The molecular formula is C16H13NOS3. The first kappa shape index (κ1) is 14.5. The van der Waals surface area contributed by atoms with Gasteiger partial charge in [-0.1, -0.05) is 54.3 Å². The van der Waals surface area contributed by atoms with Crippen LogP contribution in [-0.4, -0.2) is 10.2 Å². The van der Waals surface area contributed by atoms with Crippen molar-refractivity contribution in [2.45, 2.75) is 12.8 Å². The van der Waals surface area contributed by atoms with Crippen molar-refractivity contribution in [2.24, 2.45) is 0 Å². The normalized spacial score (nSPS) is 16.5. The highest BCUT2D eigenvalue weighted by Crippen LogP contribution is 2.28. The minimum Gasteiger partial charge on any atom is -0.307 e. The van der Waals surface area contributed by atoms with Gasteiger partial charge < -0.3 is 5.32 Å². The largest absolute Gasteiger partial charge is 0.307 e. The highest BCUT2D eigenvalue weighted by molar-refractivity contribution is 8.26. The Kier molecular flexibility index (Phi) is 4.53. The number of hydrogen-bond donors (Lipinski definition) is 1. The number of carbonyl (C=O) groups excluding carboxylic acids is 1. The van der Waals surface area contributed by atoms with E-state index in [1.54, 1.807) is 11.3 Å². The molecule has 0 spiro atoms. The molecule has 1 saturated heterocycles. The van der Waals surface area contributed by atoms with Gasteiger partial charge in [0.15, 0.2) is 0 Å². The Morgan fingerprint density at radius 1 is 1.14 bits per heavy atom. The molecule has 21 heavy (non-hydrogen) atoms. The van der Waals surface area contributed by atoms with Crippen LogP contribution in [0.25, 0.3) is 6.08 Å². The van der Waals surface area contributed by atoms with Crippen LogP contribution in [0.5, 0.6) is 0 Å². The summed E-state index contributed by atoms with van der Waals surface area (Å²) < 4.78 is 0.534. The van der Waals surface area contributed by atoms with Gasteiger partial charge in [-0.05, 0) is 41.5 Å². The van der Waals surface area contributed by atoms with Crippen molar-refractivity contribution in [3.63, 3.8) is 0 Å². The number of carbonyl (C=O) groups is 1. The predicted octanol–water partition coefficient (Wildman–Crippen LogP) is 4.02. The molecule has 0 unspecified atom stereocenters. The lowest BCUT2D eigenvalue weighted by molar-refractivity contribution is -0.115. The summed E-state index contributed by atoms with van der Waals surface area (Å²) in [5.74, 6) is -0.0933. The molecule has 106 valence electrons. The Hall–Kier alpha value is -1.43. The van der Waals surface area contributed by atoms with Crippen molar-refractivity contribution in [2.75, 3.05) is 0 Å². The first-order valence-corrected chi connectivity index (χ1v) is 8.67. The van der Waals surface area contributed by atoms with Crippen molar-refractivity contribution in [3.8, 4) is 0 Å². The zero-order valence-electron chi connectivity index (χ0n) is 11.2. The molecule has 1 N–H and O–H groups in total. The van der Waals surface area contributed by atoms with Crippen LogP contribution in [0, 0.1) is 0 Å². The molecule has 1 aliphatic heterocycles. The van der Waals surface area contributed by atoms with Crippen LogP contribution >= 0.6 is 35.3 Å². The van der Waals surface area contributed by atoms with Gasteiger partial charge in [0.05, 0.1) is 4.91 Å². The number of benzene rings is 1. The van der Waals surface area contributed by atoms with Gasteiger partial charge in [0.1, 0.15) is 4.32 Å². The molecule has 5 heteroatoms. The summed E-state index contributed by atoms with van der Waals surface area (Å²) >= 11 is 7.97. The lowest BCUT2D eigenvalue weighted by atomic mass is 10.1. The maximum atomic E-state index is 11.6. The maximum absolute atomic E-state index is 11.6. The fraction of sp³-hybridized carbons (Fsp3) is 0.125. The van der Waals surface area contributed by atoms with E-state index in [1.165, 1.54) is 22.9 Å². The summed E-state index contributed by atoms with van der Waals surface area (Å²) in [7, 11) is 0. The van der Waals surface area contributed by atoms with Crippen molar-refractivity contribution in [1.29, 1.82) is 0 Å². The number of rotatable bonds is 4. The monoisotopic (exact) mass is 331 g/mol. The summed E-state index contributed by atoms with van der Waals surface area (Å²) in [6, 6.07) is 12.6. The van der Waals surface area contributed by atoms with Crippen molar-refractivity contribution in [3.05, 3.63) is 62.7 Å². The maximum Gasteiger partial charge on any atom is 0.263 e. The molecule has 1 fully saturated rings. The zero-order valence-corrected chi connectivity index (χ0v) is 13.6. The molecule has 2 heterocycles. The first-order valence-electron chi connectivity index (χ1n) is 6.57. The van der Waals surface area contributed by atoms with Crippen LogP contribution in [-0.2, 0) is 17.6 Å². The molecule has 1 aliphatic rings. The molecule has 1 amide bonds. The van der Waals surface area contributed by atoms with Gasteiger partial charge in [-0.2, -0.15) is 0 Å². The molecule has 0 radical (unpaired) electrons. The molecule has 3 rings (SSSR count). The van der Waals surface area contributed by atoms with E-state index in [0.29, 0.717) is 9.23 Å². The molecule has 0 aliphatic carbocycles. The van der Waals surface area contributed by atoms with Crippen LogP contribution < -0.4 is 5.32 Å². The highest BCUT2D eigenvalue weighted by Gasteiger charge is 2.22. The molecule has 2 nitrogen and oxygen atoms in total. The van der Waals surface area contributed by atoms with E-state index in [-0.39, 0.29) is 5.91 Å². The number of thioether (sulfide) groups is 1. The molecule has 1 aromatic heterocycles. The van der Waals surface area contributed by atoms with Gasteiger partial charge in [0, 0.05) is 4.88 Å². The number of thiocarbonyl (C=S) groups is 1. The Labute approximate surface area is 137 Å². The minimum absolute atomic E-state index is 0.0933. The SMILES string of the molecule is O=C1NC(=S)S/C1=C\c1cc(CCc2ccccc2)cs1. The number of nitrogens with one attached hydrogen (secondary N) is 1. The number of hydrogen-bond acceptors (Lipinski definition) is 4. The predicted molar refractivity (Wildman–Crippen MR) is 94.5 cm³/mol. The van der Waals surface area contributed by atoms with E-state index in [2.05, 4.69) is 41.0 Å². The molecule has 1 aromatic carbocycles. The lowest BCUT2D eigenvalue weighted by Gasteiger charge is -1.98. The fourth-order valence-electron chi connectivity index (χ4n) is 2.08. The average molecular weight is 331 g/mol. The second-order valence-corrected chi connectivity index (χ2v) is 7.36. The van der Waals surface area contributed by atoms with E-state index in [4.69, 9.17) is 12.2 Å². The second kappa shape index (κ2) is 6.56. The van der Waals surface area contributed by atoms with E-state index in [0.717, 1.165) is 17.7 Å². The smallest absolute Gasteiger partial charge is 0.263 e. The topological polar surface area (TPSA) is 29.1 Å². The van der Waals surface area contributed by atoms with Gasteiger partial charge in [-0.15, -0.1) is 11.3 Å². The summed E-state index contributed by atoms with van der Waals surface area (Å²) in [5, 5.41) is 4.79. The molecule has 0 bridgehead atoms. The van der Waals surface area contributed by atoms with E-state index < -0.39 is 0 Å². The van der Waals surface area contributed by atoms with Crippen LogP contribution in [0.4, 0.5) is 0 Å². The Morgan fingerprint density at radius 2 is 1.90 bits per heavy atom. The number of aryl methyl sites for hydroxylation is 2. The first-order chi connectivity index (χ1) is 10.2. The van der Waals surface area contributed by atoms with E-state index in [1.807, 2.05) is 12.1 Å². The van der Waals surface area contributed by atoms with E-state index >= 15 is 0 Å². The molecule has 2 aromatic rings. The third-order valence-corrected chi connectivity index (χ3v) is 5.23.